The molecule has 1 fully saturated rings. The van der Waals surface area contributed by atoms with E-state index in [0.717, 1.165) is 18.8 Å². The average molecular weight is 405 g/mol. The van der Waals surface area contributed by atoms with Crippen LogP contribution < -0.4 is 10.6 Å². The highest BCUT2D eigenvalue weighted by Gasteiger charge is 2.33. The Bertz CT molecular complexity index is 1070. The van der Waals surface area contributed by atoms with E-state index in [1.165, 1.54) is 16.8 Å². The van der Waals surface area contributed by atoms with Crippen LogP contribution in [0.5, 0.6) is 0 Å². The molecule has 3 aromatic rings. The predicted molar refractivity (Wildman–Crippen MR) is 97.7 cm³/mol. The summed E-state index contributed by atoms with van der Waals surface area (Å²) >= 11 is 0. The number of fused-ring (bicyclic) bond motifs is 1. The van der Waals surface area contributed by atoms with Gasteiger partial charge in [-0.1, -0.05) is 0 Å². The van der Waals surface area contributed by atoms with Crippen LogP contribution in [0.4, 0.5) is 19.0 Å². The maximum Gasteiger partial charge on any atom is 0.434 e. The van der Waals surface area contributed by atoms with Gasteiger partial charge < -0.3 is 10.6 Å². The van der Waals surface area contributed by atoms with Gasteiger partial charge in [-0.3, -0.25) is 9.20 Å². The molecule has 11 heteroatoms. The average Bonchev–Trinajstić information content (AvgIpc) is 3.11. The van der Waals surface area contributed by atoms with E-state index >= 15 is 0 Å². The summed E-state index contributed by atoms with van der Waals surface area (Å²) in [6, 6.07) is 1.84. The number of carbonyl (C=O) groups is 1. The molecule has 0 spiro atoms. The van der Waals surface area contributed by atoms with Crippen molar-refractivity contribution in [2.75, 3.05) is 11.4 Å². The highest BCUT2D eigenvalue weighted by Crippen LogP contribution is 2.30. The van der Waals surface area contributed by atoms with E-state index in [1.807, 2.05) is 11.8 Å². The lowest BCUT2D eigenvalue weighted by molar-refractivity contribution is -0.141. The first-order valence-corrected chi connectivity index (χ1v) is 9.03. The van der Waals surface area contributed by atoms with Gasteiger partial charge in [0, 0.05) is 25.0 Å². The zero-order chi connectivity index (χ0) is 20.8. The molecular weight excluding hydrogens is 387 g/mol. The zero-order valence-corrected chi connectivity index (χ0v) is 15.5. The first-order valence-electron chi connectivity index (χ1n) is 9.03. The van der Waals surface area contributed by atoms with Gasteiger partial charge in [0.1, 0.15) is 11.5 Å². The molecule has 2 atom stereocenters. The van der Waals surface area contributed by atoms with Gasteiger partial charge in [-0.25, -0.2) is 19.9 Å². The molecule has 8 nitrogen and oxygen atoms in total. The minimum atomic E-state index is -4.58. The summed E-state index contributed by atoms with van der Waals surface area (Å²) < 4.78 is 40.4. The Morgan fingerprint density at radius 1 is 1.21 bits per heavy atom. The summed E-state index contributed by atoms with van der Waals surface area (Å²) in [5.74, 6) is 0.169. The smallest absolute Gasteiger partial charge is 0.369 e. The number of rotatable bonds is 3. The molecule has 4 heterocycles. The number of nitrogens with zero attached hydrogens (tertiary/aromatic N) is 6. The first kappa shape index (κ1) is 19.1. The van der Waals surface area contributed by atoms with E-state index in [2.05, 4.69) is 19.9 Å². The number of nitrogens with two attached hydrogens (primary N) is 1. The Morgan fingerprint density at radius 3 is 2.72 bits per heavy atom. The Morgan fingerprint density at radius 2 is 2.00 bits per heavy atom. The summed E-state index contributed by atoms with van der Waals surface area (Å²) in [6.45, 7) is 2.46. The topological polar surface area (TPSA) is 102 Å². The fourth-order valence-electron chi connectivity index (χ4n) is 3.49. The van der Waals surface area contributed by atoms with Crippen molar-refractivity contribution in [1.82, 2.24) is 24.3 Å². The molecule has 0 bridgehead atoms. The van der Waals surface area contributed by atoms with Crippen LogP contribution in [0, 0.1) is 5.92 Å². The van der Waals surface area contributed by atoms with E-state index in [4.69, 9.17) is 5.73 Å². The number of halogens is 3. The van der Waals surface area contributed by atoms with Gasteiger partial charge in [0.25, 0.3) is 0 Å². The minimum Gasteiger partial charge on any atom is -0.369 e. The van der Waals surface area contributed by atoms with E-state index in [-0.39, 0.29) is 29.3 Å². The molecule has 0 aliphatic carbocycles. The van der Waals surface area contributed by atoms with Gasteiger partial charge in [-0.15, -0.1) is 0 Å². The van der Waals surface area contributed by atoms with Gasteiger partial charge in [0.05, 0.1) is 18.3 Å². The summed E-state index contributed by atoms with van der Waals surface area (Å²) in [5.41, 5.74) is 4.99. The molecule has 1 amide bonds. The van der Waals surface area contributed by atoms with Crippen molar-refractivity contribution in [2.24, 2.45) is 11.7 Å². The van der Waals surface area contributed by atoms with Gasteiger partial charge in [0.2, 0.25) is 5.91 Å². The monoisotopic (exact) mass is 405 g/mol. The van der Waals surface area contributed by atoms with Crippen LogP contribution in [0.15, 0.2) is 30.9 Å². The highest BCUT2D eigenvalue weighted by atomic mass is 19.4. The molecular formula is C18H18F3N7O. The lowest BCUT2D eigenvalue weighted by Crippen LogP contribution is -2.46. The van der Waals surface area contributed by atoms with Crippen LogP contribution >= 0.6 is 0 Å². The second-order valence-electron chi connectivity index (χ2n) is 7.06. The van der Waals surface area contributed by atoms with Crippen molar-refractivity contribution in [2.45, 2.75) is 32.0 Å². The quantitative estimate of drug-likeness (QED) is 0.717. The summed E-state index contributed by atoms with van der Waals surface area (Å²) in [7, 11) is 0. The normalized spacial score (nSPS) is 20.2. The fraction of sp³-hybridized carbons (Fsp3) is 0.389. The Hall–Kier alpha value is -3.24. The number of hydrogen-bond donors (Lipinski definition) is 1. The summed E-state index contributed by atoms with van der Waals surface area (Å²) in [4.78, 5) is 29.8. The lowest BCUT2D eigenvalue weighted by atomic mass is 9.93. The standard InChI is InChI=1S/C18H18F3N7O/c1-10-2-3-11(16(22)29)8-27(10)14-4-5-23-17(26-14)12-6-25-15-7-24-13(9-28(12)15)18(19,20)21/h4-7,9-11H,2-3,8H2,1H3,(H2,22,29). The highest BCUT2D eigenvalue weighted by molar-refractivity contribution is 5.77. The van der Waals surface area contributed by atoms with Crippen LogP contribution in [0.1, 0.15) is 25.5 Å². The molecule has 2 unspecified atom stereocenters. The number of carbonyl (C=O) groups excluding carboxylic acids is 1. The zero-order valence-electron chi connectivity index (χ0n) is 15.5. The number of piperidine rings is 1. The molecule has 29 heavy (non-hydrogen) atoms. The van der Waals surface area contributed by atoms with Crippen LogP contribution in [0.25, 0.3) is 17.2 Å². The van der Waals surface area contributed by atoms with Gasteiger partial charge in [-0.2, -0.15) is 13.2 Å². The number of anilines is 1. The minimum absolute atomic E-state index is 0.136. The Kier molecular flexibility index (Phi) is 4.59. The molecule has 4 rings (SSSR count). The van der Waals surface area contributed by atoms with E-state index in [1.54, 1.807) is 6.07 Å². The van der Waals surface area contributed by atoms with Crippen molar-refractivity contribution in [3.05, 3.63) is 36.5 Å². The Balaban J connectivity index is 1.73. The van der Waals surface area contributed by atoms with Crippen LogP contribution in [0.2, 0.25) is 0 Å². The van der Waals surface area contributed by atoms with Gasteiger partial charge in [-0.05, 0) is 25.8 Å². The van der Waals surface area contributed by atoms with E-state index < -0.39 is 11.9 Å². The van der Waals surface area contributed by atoms with Crippen LogP contribution in [-0.4, -0.2) is 42.8 Å². The molecule has 1 aliphatic heterocycles. The number of imidazole rings is 1. The fourth-order valence-corrected chi connectivity index (χ4v) is 3.49. The molecule has 0 radical (unpaired) electrons. The van der Waals surface area contributed by atoms with Crippen molar-refractivity contribution in [1.29, 1.82) is 0 Å². The number of primary amides is 1. The molecule has 0 saturated carbocycles. The summed E-state index contributed by atoms with van der Waals surface area (Å²) in [5, 5.41) is 0. The lowest BCUT2D eigenvalue weighted by Gasteiger charge is -2.37. The van der Waals surface area contributed by atoms with E-state index in [0.29, 0.717) is 24.5 Å². The van der Waals surface area contributed by atoms with Crippen molar-refractivity contribution >= 4 is 17.4 Å². The maximum atomic E-state index is 13.0. The number of hydrogen-bond acceptors (Lipinski definition) is 6. The Labute approximate surface area is 163 Å². The number of amides is 1. The molecule has 2 N–H and O–H groups in total. The largest absolute Gasteiger partial charge is 0.434 e. The van der Waals surface area contributed by atoms with Crippen LogP contribution in [-0.2, 0) is 11.0 Å². The predicted octanol–water partition coefficient (Wildman–Crippen LogP) is 2.30. The van der Waals surface area contributed by atoms with Crippen LogP contribution in [0.3, 0.4) is 0 Å². The SMILES string of the molecule is CC1CCC(C(N)=O)CN1c1ccnc(-c2cnc3cnc(C(F)(F)F)cn23)n1. The molecule has 152 valence electrons. The second-order valence-corrected chi connectivity index (χ2v) is 7.06. The molecule has 3 aromatic heterocycles. The van der Waals surface area contributed by atoms with Crippen molar-refractivity contribution in [3.8, 4) is 11.5 Å². The second kappa shape index (κ2) is 6.98. The maximum absolute atomic E-state index is 13.0. The third-order valence-corrected chi connectivity index (χ3v) is 5.14. The molecule has 1 saturated heterocycles. The first-order chi connectivity index (χ1) is 13.7. The van der Waals surface area contributed by atoms with E-state index in [9.17, 15) is 18.0 Å². The summed E-state index contributed by atoms with van der Waals surface area (Å²) in [6.07, 6.45) is 1.78. The molecule has 0 aromatic carbocycles. The third-order valence-electron chi connectivity index (χ3n) is 5.14. The van der Waals surface area contributed by atoms with Crippen molar-refractivity contribution in [3.63, 3.8) is 0 Å². The molecule has 1 aliphatic rings. The van der Waals surface area contributed by atoms with Gasteiger partial charge >= 0.3 is 6.18 Å². The van der Waals surface area contributed by atoms with Crippen molar-refractivity contribution < 1.29 is 18.0 Å². The number of alkyl halides is 3. The number of aromatic nitrogens is 5. The third kappa shape index (κ3) is 3.59. The van der Waals surface area contributed by atoms with Gasteiger partial charge in [0.15, 0.2) is 17.2 Å².